The molecular weight excluding hydrogens is 194 g/mol. The molecule has 0 amide bonds. The van der Waals surface area contributed by atoms with E-state index in [4.69, 9.17) is 0 Å². The quantitative estimate of drug-likeness (QED) is 0.502. The van der Waals surface area contributed by atoms with Crippen LogP contribution in [0.2, 0.25) is 0 Å². The van der Waals surface area contributed by atoms with E-state index in [9.17, 15) is 0 Å². The van der Waals surface area contributed by atoms with E-state index in [1.54, 1.807) is 0 Å². The maximum atomic E-state index is 3.37. The smallest absolute Gasteiger partial charge is 0.000460 e. The van der Waals surface area contributed by atoms with Crippen molar-refractivity contribution in [3.8, 4) is 0 Å². The molecule has 0 fully saturated rings. The molecule has 0 aliphatic carbocycles. The van der Waals surface area contributed by atoms with Crippen molar-refractivity contribution in [3.05, 3.63) is 0 Å². The molecular formula is C15H33N. The fourth-order valence-corrected chi connectivity index (χ4v) is 2.60. The molecule has 98 valence electrons. The van der Waals surface area contributed by atoms with Crippen LogP contribution >= 0.6 is 0 Å². The maximum absolute atomic E-state index is 3.37. The highest BCUT2D eigenvalue weighted by Gasteiger charge is 2.24. The van der Waals surface area contributed by atoms with Gasteiger partial charge in [0.15, 0.2) is 0 Å². The van der Waals surface area contributed by atoms with Gasteiger partial charge in [0.25, 0.3) is 0 Å². The Hall–Kier alpha value is -0.0400. The Kier molecular flexibility index (Phi) is 10.1. The minimum absolute atomic E-state index is 0.569. The second-order valence-electron chi connectivity index (χ2n) is 5.26. The van der Waals surface area contributed by atoms with E-state index in [0.29, 0.717) is 5.41 Å². The lowest BCUT2D eigenvalue weighted by atomic mass is 9.77. The van der Waals surface area contributed by atoms with Crippen LogP contribution in [0.5, 0.6) is 0 Å². The highest BCUT2D eigenvalue weighted by molar-refractivity contribution is 4.78. The summed E-state index contributed by atoms with van der Waals surface area (Å²) >= 11 is 0. The van der Waals surface area contributed by atoms with Gasteiger partial charge in [-0.05, 0) is 31.7 Å². The lowest BCUT2D eigenvalue weighted by Gasteiger charge is -2.31. The molecule has 0 bridgehead atoms. The number of hydrogen-bond acceptors (Lipinski definition) is 1. The van der Waals surface area contributed by atoms with E-state index < -0.39 is 0 Å². The third-order valence-electron chi connectivity index (χ3n) is 4.11. The molecule has 1 heteroatoms. The van der Waals surface area contributed by atoms with Crippen LogP contribution < -0.4 is 5.32 Å². The Labute approximate surface area is 103 Å². The first-order chi connectivity index (χ1) is 7.74. The zero-order chi connectivity index (χ0) is 12.3. The number of nitrogens with one attached hydrogen (secondary N) is 1. The van der Waals surface area contributed by atoms with Gasteiger partial charge >= 0.3 is 0 Å². The van der Waals surface area contributed by atoms with Gasteiger partial charge in [-0.1, -0.05) is 59.3 Å². The molecule has 0 rings (SSSR count). The van der Waals surface area contributed by atoms with E-state index in [1.807, 2.05) is 0 Å². The lowest BCUT2D eigenvalue weighted by Crippen LogP contribution is -2.31. The molecule has 16 heavy (non-hydrogen) atoms. The summed E-state index contributed by atoms with van der Waals surface area (Å²) in [6, 6.07) is 0. The standard InChI is InChI=1S/C15H33N/c1-5-8-9-10-11-12-13-15(6-2,7-3)14-16-4/h16H,5-14H2,1-4H3. The number of rotatable bonds is 11. The minimum Gasteiger partial charge on any atom is -0.319 e. The normalized spacial score (nSPS) is 12.0. The summed E-state index contributed by atoms with van der Waals surface area (Å²) in [5.74, 6) is 0. The molecule has 0 saturated heterocycles. The molecule has 0 heterocycles. The predicted molar refractivity (Wildman–Crippen MR) is 74.9 cm³/mol. The fraction of sp³-hybridized carbons (Fsp3) is 1.00. The van der Waals surface area contributed by atoms with Crippen molar-refractivity contribution in [1.29, 1.82) is 0 Å². The van der Waals surface area contributed by atoms with Gasteiger partial charge in [0.2, 0.25) is 0 Å². The van der Waals surface area contributed by atoms with E-state index in [2.05, 4.69) is 33.1 Å². The lowest BCUT2D eigenvalue weighted by molar-refractivity contribution is 0.225. The highest BCUT2D eigenvalue weighted by atomic mass is 14.8. The van der Waals surface area contributed by atoms with Crippen LogP contribution in [0.1, 0.15) is 78.6 Å². The third kappa shape index (κ3) is 6.52. The topological polar surface area (TPSA) is 12.0 Å². The van der Waals surface area contributed by atoms with Gasteiger partial charge in [-0.2, -0.15) is 0 Å². The van der Waals surface area contributed by atoms with Crippen molar-refractivity contribution in [3.63, 3.8) is 0 Å². The predicted octanol–water partition coefficient (Wildman–Crippen LogP) is 4.76. The van der Waals surface area contributed by atoms with Gasteiger partial charge in [0, 0.05) is 6.54 Å². The molecule has 0 aromatic rings. The van der Waals surface area contributed by atoms with Gasteiger partial charge in [0.05, 0.1) is 0 Å². The molecule has 0 aliphatic rings. The molecule has 0 radical (unpaired) electrons. The zero-order valence-electron chi connectivity index (χ0n) is 12.1. The van der Waals surface area contributed by atoms with E-state index >= 15 is 0 Å². The molecule has 0 aliphatic heterocycles. The molecule has 0 saturated carbocycles. The van der Waals surface area contributed by atoms with E-state index in [-0.39, 0.29) is 0 Å². The summed E-state index contributed by atoms with van der Waals surface area (Å²) < 4.78 is 0. The van der Waals surface area contributed by atoms with Crippen molar-refractivity contribution in [2.24, 2.45) is 5.41 Å². The molecule has 0 aromatic carbocycles. The summed E-state index contributed by atoms with van der Waals surface area (Å²) in [6.45, 7) is 8.16. The van der Waals surface area contributed by atoms with Crippen molar-refractivity contribution >= 4 is 0 Å². The Morgan fingerprint density at radius 2 is 1.38 bits per heavy atom. The highest BCUT2D eigenvalue weighted by Crippen LogP contribution is 2.32. The fourth-order valence-electron chi connectivity index (χ4n) is 2.60. The summed E-state index contributed by atoms with van der Waals surface area (Å²) in [7, 11) is 2.08. The molecule has 0 spiro atoms. The minimum atomic E-state index is 0.569. The second kappa shape index (κ2) is 10.1. The largest absolute Gasteiger partial charge is 0.319 e. The summed E-state index contributed by atoms with van der Waals surface area (Å²) in [6.07, 6.45) is 12.6. The first-order valence-electron chi connectivity index (χ1n) is 7.39. The van der Waals surface area contributed by atoms with Crippen molar-refractivity contribution in [2.75, 3.05) is 13.6 Å². The molecule has 0 aromatic heterocycles. The number of hydrogen-bond donors (Lipinski definition) is 1. The molecule has 1 nitrogen and oxygen atoms in total. The molecule has 0 atom stereocenters. The van der Waals surface area contributed by atoms with Crippen LogP contribution in [-0.2, 0) is 0 Å². The summed E-state index contributed by atoms with van der Waals surface area (Å²) in [5, 5.41) is 3.37. The van der Waals surface area contributed by atoms with Crippen LogP contribution in [0.3, 0.4) is 0 Å². The van der Waals surface area contributed by atoms with Crippen LogP contribution in [0.4, 0.5) is 0 Å². The summed E-state index contributed by atoms with van der Waals surface area (Å²) in [5.41, 5.74) is 0.569. The van der Waals surface area contributed by atoms with E-state index in [1.165, 1.54) is 64.3 Å². The third-order valence-corrected chi connectivity index (χ3v) is 4.11. The maximum Gasteiger partial charge on any atom is 0.000460 e. The van der Waals surface area contributed by atoms with Crippen LogP contribution in [-0.4, -0.2) is 13.6 Å². The van der Waals surface area contributed by atoms with Crippen molar-refractivity contribution in [1.82, 2.24) is 5.32 Å². The van der Waals surface area contributed by atoms with Crippen molar-refractivity contribution in [2.45, 2.75) is 78.6 Å². The average Bonchev–Trinajstić information content (AvgIpc) is 2.32. The SMILES string of the molecule is CCCCCCCCC(CC)(CC)CNC. The van der Waals surface area contributed by atoms with Crippen molar-refractivity contribution < 1.29 is 0 Å². The van der Waals surface area contributed by atoms with Gasteiger partial charge in [-0.25, -0.2) is 0 Å². The Morgan fingerprint density at radius 3 is 1.88 bits per heavy atom. The van der Waals surface area contributed by atoms with Crippen LogP contribution in [0, 0.1) is 5.41 Å². The van der Waals surface area contributed by atoms with Crippen LogP contribution in [0.15, 0.2) is 0 Å². The van der Waals surface area contributed by atoms with Gasteiger partial charge in [-0.3, -0.25) is 0 Å². The average molecular weight is 227 g/mol. The first-order valence-corrected chi connectivity index (χ1v) is 7.39. The monoisotopic (exact) mass is 227 g/mol. The van der Waals surface area contributed by atoms with Gasteiger partial charge < -0.3 is 5.32 Å². The first kappa shape index (κ1) is 16.0. The zero-order valence-corrected chi connectivity index (χ0v) is 12.1. The Morgan fingerprint density at radius 1 is 0.812 bits per heavy atom. The molecule has 1 N–H and O–H groups in total. The second-order valence-corrected chi connectivity index (χ2v) is 5.26. The van der Waals surface area contributed by atoms with Gasteiger partial charge in [0.1, 0.15) is 0 Å². The Bertz CT molecular complexity index is 138. The molecule has 0 unspecified atom stereocenters. The number of unbranched alkanes of at least 4 members (excludes halogenated alkanes) is 5. The summed E-state index contributed by atoms with van der Waals surface area (Å²) in [4.78, 5) is 0. The Balaban J connectivity index is 3.67. The van der Waals surface area contributed by atoms with Gasteiger partial charge in [-0.15, -0.1) is 0 Å². The van der Waals surface area contributed by atoms with Crippen LogP contribution in [0.25, 0.3) is 0 Å². The van der Waals surface area contributed by atoms with E-state index in [0.717, 1.165) is 0 Å².